The van der Waals surface area contributed by atoms with Gasteiger partial charge >= 0.3 is 6.18 Å². The smallest absolute Gasteiger partial charge is 0.419 e. The number of halogens is 3. The van der Waals surface area contributed by atoms with E-state index < -0.39 is 17.6 Å². The van der Waals surface area contributed by atoms with Crippen LogP contribution in [0.4, 0.5) is 24.5 Å². The summed E-state index contributed by atoms with van der Waals surface area (Å²) in [6.45, 7) is 7.26. The van der Waals surface area contributed by atoms with Gasteiger partial charge in [0.25, 0.3) is 5.91 Å². The Labute approximate surface area is 252 Å². The average Bonchev–Trinajstić information content (AvgIpc) is 3.52. The van der Waals surface area contributed by atoms with Crippen LogP contribution in [0.25, 0.3) is 16.9 Å². The molecule has 3 aromatic heterocycles. The molecule has 5 rings (SSSR count). The van der Waals surface area contributed by atoms with Crippen molar-refractivity contribution in [3.63, 3.8) is 0 Å². The first-order chi connectivity index (χ1) is 21.2. The minimum Gasteiger partial charge on any atom is -0.496 e. The Bertz CT molecular complexity index is 1600. The minimum atomic E-state index is -4.68. The number of nitrogens with one attached hydrogen (secondary N) is 1. The number of hydrogen-bond acceptors (Lipinski definition) is 9. The summed E-state index contributed by atoms with van der Waals surface area (Å²) >= 11 is 0. The highest BCUT2D eigenvalue weighted by atomic mass is 19.4. The Morgan fingerprint density at radius 1 is 1.05 bits per heavy atom. The minimum absolute atomic E-state index is 0.178. The van der Waals surface area contributed by atoms with Crippen LogP contribution in [0.15, 0.2) is 55.1 Å². The molecule has 0 atom stereocenters. The van der Waals surface area contributed by atoms with Gasteiger partial charge in [0.2, 0.25) is 0 Å². The Balaban J connectivity index is 1.29. The molecule has 0 unspecified atom stereocenters. The third kappa shape index (κ3) is 7.14. The first kappa shape index (κ1) is 30.9. The van der Waals surface area contributed by atoms with Crippen molar-refractivity contribution in [2.45, 2.75) is 19.5 Å². The summed E-state index contributed by atoms with van der Waals surface area (Å²) in [6, 6.07) is 6.80. The number of alkyl halides is 3. The molecule has 44 heavy (non-hydrogen) atoms. The zero-order valence-electron chi connectivity index (χ0n) is 24.6. The summed E-state index contributed by atoms with van der Waals surface area (Å²) in [6.07, 6.45) is 3.06. The maximum absolute atomic E-state index is 13.4. The Morgan fingerprint density at radius 3 is 2.57 bits per heavy atom. The molecule has 0 spiro atoms. The van der Waals surface area contributed by atoms with Crippen molar-refractivity contribution in [1.82, 2.24) is 29.9 Å². The highest BCUT2D eigenvalue weighted by molar-refractivity contribution is 6.04. The molecule has 4 heterocycles. The van der Waals surface area contributed by atoms with E-state index in [1.54, 1.807) is 32.5 Å². The molecule has 0 radical (unpaired) electrons. The normalized spacial score (nSPS) is 14.1. The highest BCUT2D eigenvalue weighted by Gasteiger charge is 2.35. The number of aromatic nitrogens is 5. The van der Waals surface area contributed by atoms with Crippen LogP contribution in [0.5, 0.6) is 5.75 Å². The van der Waals surface area contributed by atoms with Crippen LogP contribution in [-0.4, -0.2) is 89.3 Å². The van der Waals surface area contributed by atoms with Gasteiger partial charge in [0.05, 0.1) is 54.0 Å². The predicted octanol–water partition coefficient (Wildman–Crippen LogP) is 4.47. The third-order valence-electron chi connectivity index (χ3n) is 7.41. The zero-order chi connectivity index (χ0) is 31.3. The fourth-order valence-electron chi connectivity index (χ4n) is 5.01. The number of hydrogen-bond donors (Lipinski definition) is 1. The molecule has 1 aliphatic rings. The second-order valence-electron chi connectivity index (χ2n) is 10.4. The maximum atomic E-state index is 13.4. The number of benzene rings is 1. The van der Waals surface area contributed by atoms with Crippen molar-refractivity contribution in [3.05, 3.63) is 71.9 Å². The number of carbonyl (C=O) groups excluding carboxylic acids is 1. The lowest BCUT2D eigenvalue weighted by Gasteiger charge is -2.36. The van der Waals surface area contributed by atoms with E-state index in [9.17, 15) is 18.0 Å². The van der Waals surface area contributed by atoms with E-state index in [1.807, 2.05) is 12.3 Å². The number of rotatable bonds is 10. The van der Waals surface area contributed by atoms with Gasteiger partial charge in [0.15, 0.2) is 0 Å². The molecule has 1 saturated heterocycles. The van der Waals surface area contributed by atoms with Gasteiger partial charge in [-0.25, -0.2) is 4.68 Å². The second-order valence-corrected chi connectivity index (χ2v) is 10.4. The van der Waals surface area contributed by atoms with Crippen molar-refractivity contribution in [2.75, 3.05) is 63.8 Å². The standard InChI is InChI=1S/C30H33F3N8O3/c1-20-27(15-23(17-35-20)36-29(42)21-5-6-28(44-3)25(14-21)30(31,32)33)41-19-26(37-38-41)22-13-24(18-34-16-22)40-10-8-39(9-11-40)7-4-12-43-2/h5-6,13-19H,4,7-12H2,1-3H3,(H,36,42). The van der Waals surface area contributed by atoms with E-state index in [0.717, 1.165) is 76.2 Å². The Hall–Kier alpha value is -4.56. The second kappa shape index (κ2) is 13.4. The van der Waals surface area contributed by atoms with E-state index in [2.05, 4.69) is 35.4 Å². The first-order valence-corrected chi connectivity index (χ1v) is 14.0. The highest BCUT2D eigenvalue weighted by Crippen LogP contribution is 2.37. The van der Waals surface area contributed by atoms with Gasteiger partial charge in [-0.15, -0.1) is 5.10 Å². The number of pyridine rings is 2. The van der Waals surface area contributed by atoms with Crippen LogP contribution in [0, 0.1) is 6.92 Å². The number of amides is 1. The SMILES string of the molecule is COCCCN1CCN(c2cncc(-c3cn(-c4cc(NC(=O)c5ccc(OC)c(C(F)(F)F)c5)cnc4C)nn3)c2)CC1. The summed E-state index contributed by atoms with van der Waals surface area (Å²) in [7, 11) is 2.86. The number of anilines is 2. The van der Waals surface area contributed by atoms with E-state index in [1.165, 1.54) is 16.9 Å². The van der Waals surface area contributed by atoms with Gasteiger partial charge in [-0.2, -0.15) is 13.2 Å². The largest absolute Gasteiger partial charge is 0.496 e. The Kier molecular flexibility index (Phi) is 9.40. The van der Waals surface area contributed by atoms with Crippen molar-refractivity contribution >= 4 is 17.3 Å². The average molecular weight is 611 g/mol. The molecule has 1 aromatic carbocycles. The molecule has 14 heteroatoms. The predicted molar refractivity (Wildman–Crippen MR) is 158 cm³/mol. The molecule has 0 aliphatic carbocycles. The molecule has 232 valence electrons. The van der Waals surface area contributed by atoms with Gasteiger partial charge in [-0.1, -0.05) is 5.21 Å². The summed E-state index contributed by atoms with van der Waals surface area (Å²) in [4.78, 5) is 26.4. The quantitative estimate of drug-likeness (QED) is 0.260. The molecule has 4 aromatic rings. The van der Waals surface area contributed by atoms with E-state index in [0.29, 0.717) is 17.1 Å². The van der Waals surface area contributed by atoms with Crippen LogP contribution in [0.2, 0.25) is 0 Å². The molecule has 1 amide bonds. The summed E-state index contributed by atoms with van der Waals surface area (Å²) in [5, 5.41) is 11.2. The van der Waals surface area contributed by atoms with Crippen LogP contribution >= 0.6 is 0 Å². The van der Waals surface area contributed by atoms with Gasteiger partial charge in [-0.05, 0) is 43.7 Å². The summed E-state index contributed by atoms with van der Waals surface area (Å²) in [5.74, 6) is -1.10. The van der Waals surface area contributed by atoms with Crippen LogP contribution in [0.1, 0.15) is 28.0 Å². The Morgan fingerprint density at radius 2 is 1.84 bits per heavy atom. The number of carbonyl (C=O) groups is 1. The first-order valence-electron chi connectivity index (χ1n) is 14.0. The number of nitrogens with zero attached hydrogens (tertiary/aromatic N) is 7. The fourth-order valence-corrected chi connectivity index (χ4v) is 5.01. The van der Waals surface area contributed by atoms with Crippen molar-refractivity contribution in [3.8, 4) is 22.7 Å². The lowest BCUT2D eigenvalue weighted by atomic mass is 10.1. The number of ether oxygens (including phenoxy) is 2. The molecule has 1 fully saturated rings. The molecular weight excluding hydrogens is 577 g/mol. The maximum Gasteiger partial charge on any atom is 0.419 e. The van der Waals surface area contributed by atoms with E-state index >= 15 is 0 Å². The van der Waals surface area contributed by atoms with Crippen molar-refractivity contribution in [1.29, 1.82) is 0 Å². The topological polar surface area (TPSA) is 111 Å². The molecule has 1 aliphatic heterocycles. The fraction of sp³-hybridized carbons (Fsp3) is 0.367. The van der Waals surface area contributed by atoms with Crippen LogP contribution in [-0.2, 0) is 10.9 Å². The number of aryl methyl sites for hydroxylation is 1. The number of piperazine rings is 1. The van der Waals surface area contributed by atoms with Crippen LogP contribution in [0.3, 0.4) is 0 Å². The van der Waals surface area contributed by atoms with Gasteiger partial charge in [0, 0.05) is 63.8 Å². The van der Waals surface area contributed by atoms with Crippen molar-refractivity contribution < 1.29 is 27.4 Å². The van der Waals surface area contributed by atoms with Crippen molar-refractivity contribution in [2.24, 2.45) is 0 Å². The van der Waals surface area contributed by atoms with Gasteiger partial charge < -0.3 is 19.7 Å². The molecule has 11 nitrogen and oxygen atoms in total. The summed E-state index contributed by atoms with van der Waals surface area (Å²) < 4.78 is 51.8. The van der Waals surface area contributed by atoms with E-state index in [-0.39, 0.29) is 17.0 Å². The monoisotopic (exact) mass is 610 g/mol. The third-order valence-corrected chi connectivity index (χ3v) is 7.41. The molecule has 0 saturated carbocycles. The molecule has 1 N–H and O–H groups in total. The summed E-state index contributed by atoms with van der Waals surface area (Å²) in [5.41, 5.74) is 2.62. The number of methoxy groups -OCH3 is 2. The lowest BCUT2D eigenvalue weighted by Crippen LogP contribution is -2.46. The molecular formula is C30H33F3N8O3. The van der Waals surface area contributed by atoms with Crippen LogP contribution < -0.4 is 15.0 Å². The zero-order valence-corrected chi connectivity index (χ0v) is 24.6. The molecule has 0 bridgehead atoms. The lowest BCUT2D eigenvalue weighted by molar-refractivity contribution is -0.138. The van der Waals surface area contributed by atoms with Gasteiger partial charge in [-0.3, -0.25) is 19.7 Å². The van der Waals surface area contributed by atoms with E-state index in [4.69, 9.17) is 9.47 Å². The van der Waals surface area contributed by atoms with Gasteiger partial charge in [0.1, 0.15) is 11.4 Å².